The molecule has 1 aliphatic rings. The Bertz CT molecular complexity index is 448. The summed E-state index contributed by atoms with van der Waals surface area (Å²) in [6.07, 6.45) is 3.97. The van der Waals surface area contributed by atoms with E-state index in [2.05, 4.69) is 23.2 Å². The molecule has 2 rings (SSSR count). The fourth-order valence-corrected chi connectivity index (χ4v) is 2.98. The Hall–Kier alpha value is -1.29. The van der Waals surface area contributed by atoms with Gasteiger partial charge >= 0.3 is 0 Å². The molecule has 1 saturated heterocycles. The first kappa shape index (κ1) is 16.1. The van der Waals surface area contributed by atoms with E-state index in [4.69, 9.17) is 4.42 Å². The van der Waals surface area contributed by atoms with Crippen molar-refractivity contribution in [2.45, 2.75) is 53.0 Å². The van der Waals surface area contributed by atoms with Crippen LogP contribution in [0.2, 0.25) is 0 Å². The third kappa shape index (κ3) is 4.88. The van der Waals surface area contributed by atoms with Gasteiger partial charge in [0.1, 0.15) is 11.5 Å². The van der Waals surface area contributed by atoms with E-state index in [9.17, 15) is 4.79 Å². The number of amides is 1. The molecule has 0 bridgehead atoms. The molecule has 21 heavy (non-hydrogen) atoms. The van der Waals surface area contributed by atoms with Crippen LogP contribution in [0.1, 0.15) is 49.7 Å². The second-order valence-corrected chi connectivity index (χ2v) is 6.25. The molecule has 118 valence electrons. The summed E-state index contributed by atoms with van der Waals surface area (Å²) < 4.78 is 5.77. The molecule has 2 heterocycles. The van der Waals surface area contributed by atoms with Crippen LogP contribution in [-0.4, -0.2) is 30.4 Å². The van der Waals surface area contributed by atoms with Crippen molar-refractivity contribution in [3.8, 4) is 0 Å². The number of hydrogen-bond donors (Lipinski definition) is 1. The van der Waals surface area contributed by atoms with Gasteiger partial charge < -0.3 is 9.73 Å². The van der Waals surface area contributed by atoms with Crippen molar-refractivity contribution in [3.05, 3.63) is 23.2 Å². The minimum atomic E-state index is 0.187. The van der Waals surface area contributed by atoms with Gasteiger partial charge in [-0.15, -0.1) is 0 Å². The summed E-state index contributed by atoms with van der Waals surface area (Å²) in [5, 5.41) is 3.06. The number of hydrogen-bond acceptors (Lipinski definition) is 3. The van der Waals surface area contributed by atoms with Gasteiger partial charge in [0.2, 0.25) is 5.91 Å². The van der Waals surface area contributed by atoms with Crippen LogP contribution < -0.4 is 5.32 Å². The average Bonchev–Trinajstić information content (AvgIpc) is 2.76. The standard InChI is InChI=1S/C17H28N2O2/c1-4-6-17(20)18-10-15-7-5-8-19(11-15)12-16-9-13(2)14(3)21-16/h9,15H,4-8,10-12H2,1-3H3,(H,18,20)/t15-/m0/s1. The quantitative estimate of drug-likeness (QED) is 0.876. The highest BCUT2D eigenvalue weighted by molar-refractivity contribution is 5.75. The Kier molecular flexibility index (Phi) is 5.85. The Morgan fingerprint density at radius 3 is 2.95 bits per heavy atom. The van der Waals surface area contributed by atoms with Gasteiger partial charge in [0.15, 0.2) is 0 Å². The molecule has 1 amide bonds. The Labute approximate surface area is 127 Å². The zero-order valence-corrected chi connectivity index (χ0v) is 13.6. The lowest BCUT2D eigenvalue weighted by atomic mass is 9.98. The van der Waals surface area contributed by atoms with Gasteiger partial charge in [-0.05, 0) is 57.2 Å². The molecule has 1 N–H and O–H groups in total. The molecule has 4 heteroatoms. The molecule has 1 aliphatic heterocycles. The van der Waals surface area contributed by atoms with Crippen LogP contribution in [-0.2, 0) is 11.3 Å². The molecular formula is C17H28N2O2. The maximum Gasteiger partial charge on any atom is 0.219 e. The lowest BCUT2D eigenvalue weighted by Crippen LogP contribution is -2.40. The van der Waals surface area contributed by atoms with Crippen molar-refractivity contribution in [1.82, 2.24) is 10.2 Å². The highest BCUT2D eigenvalue weighted by Gasteiger charge is 2.21. The monoisotopic (exact) mass is 292 g/mol. The predicted molar refractivity (Wildman–Crippen MR) is 84.1 cm³/mol. The van der Waals surface area contributed by atoms with Crippen molar-refractivity contribution in [2.24, 2.45) is 5.92 Å². The molecule has 1 aromatic heterocycles. The van der Waals surface area contributed by atoms with Gasteiger partial charge in [0.25, 0.3) is 0 Å². The molecule has 1 fully saturated rings. The second-order valence-electron chi connectivity index (χ2n) is 6.25. The normalized spacial score (nSPS) is 19.7. The molecule has 1 aromatic rings. The lowest BCUT2D eigenvalue weighted by Gasteiger charge is -2.32. The van der Waals surface area contributed by atoms with E-state index >= 15 is 0 Å². The Balaban J connectivity index is 1.79. The fourth-order valence-electron chi connectivity index (χ4n) is 2.98. The maximum absolute atomic E-state index is 11.6. The third-order valence-corrected chi connectivity index (χ3v) is 4.26. The van der Waals surface area contributed by atoms with Gasteiger partial charge in [-0.3, -0.25) is 9.69 Å². The summed E-state index contributed by atoms with van der Waals surface area (Å²) in [5.41, 5.74) is 1.23. The van der Waals surface area contributed by atoms with E-state index in [0.717, 1.165) is 44.1 Å². The van der Waals surface area contributed by atoms with Gasteiger partial charge in [-0.25, -0.2) is 0 Å². The average molecular weight is 292 g/mol. The van der Waals surface area contributed by atoms with Gasteiger partial charge in [-0.2, -0.15) is 0 Å². The first-order chi connectivity index (χ1) is 10.1. The van der Waals surface area contributed by atoms with E-state index in [1.807, 2.05) is 13.8 Å². The largest absolute Gasteiger partial charge is 0.465 e. The summed E-state index contributed by atoms with van der Waals surface area (Å²) in [4.78, 5) is 14.0. The molecule has 0 radical (unpaired) electrons. The number of nitrogens with one attached hydrogen (secondary N) is 1. The lowest BCUT2D eigenvalue weighted by molar-refractivity contribution is -0.121. The van der Waals surface area contributed by atoms with E-state index in [1.54, 1.807) is 0 Å². The van der Waals surface area contributed by atoms with Crippen molar-refractivity contribution in [3.63, 3.8) is 0 Å². The number of aryl methyl sites for hydroxylation is 2. The first-order valence-corrected chi connectivity index (χ1v) is 8.13. The highest BCUT2D eigenvalue weighted by Crippen LogP contribution is 2.20. The van der Waals surface area contributed by atoms with E-state index in [0.29, 0.717) is 12.3 Å². The minimum Gasteiger partial charge on any atom is -0.465 e. The zero-order chi connectivity index (χ0) is 15.2. The molecule has 4 nitrogen and oxygen atoms in total. The molecule has 0 spiro atoms. The number of carbonyl (C=O) groups is 1. The minimum absolute atomic E-state index is 0.187. The smallest absolute Gasteiger partial charge is 0.219 e. The SMILES string of the molecule is CCCC(=O)NC[C@@H]1CCCN(Cc2cc(C)c(C)o2)C1. The van der Waals surface area contributed by atoms with Crippen LogP contribution in [0.3, 0.4) is 0 Å². The van der Waals surface area contributed by atoms with Crippen molar-refractivity contribution >= 4 is 5.91 Å². The van der Waals surface area contributed by atoms with Gasteiger partial charge in [0, 0.05) is 19.5 Å². The van der Waals surface area contributed by atoms with Crippen LogP contribution in [0.5, 0.6) is 0 Å². The summed E-state index contributed by atoms with van der Waals surface area (Å²) >= 11 is 0. The second kappa shape index (κ2) is 7.64. The number of piperidine rings is 1. The fraction of sp³-hybridized carbons (Fsp3) is 0.706. The number of rotatable bonds is 6. The summed E-state index contributed by atoms with van der Waals surface area (Å²) in [7, 11) is 0. The van der Waals surface area contributed by atoms with E-state index < -0.39 is 0 Å². The van der Waals surface area contributed by atoms with Crippen molar-refractivity contribution in [1.29, 1.82) is 0 Å². The van der Waals surface area contributed by atoms with E-state index in [-0.39, 0.29) is 5.91 Å². The first-order valence-electron chi connectivity index (χ1n) is 8.13. The molecule has 0 aliphatic carbocycles. The number of furan rings is 1. The Morgan fingerprint density at radius 2 is 2.29 bits per heavy atom. The van der Waals surface area contributed by atoms with Gasteiger partial charge in [0.05, 0.1) is 6.54 Å². The maximum atomic E-state index is 11.6. The number of nitrogens with zero attached hydrogens (tertiary/aromatic N) is 1. The molecular weight excluding hydrogens is 264 g/mol. The summed E-state index contributed by atoms with van der Waals surface area (Å²) in [6.45, 7) is 10.0. The van der Waals surface area contributed by atoms with Crippen LogP contribution in [0.25, 0.3) is 0 Å². The van der Waals surface area contributed by atoms with E-state index in [1.165, 1.54) is 18.4 Å². The van der Waals surface area contributed by atoms with Crippen molar-refractivity contribution in [2.75, 3.05) is 19.6 Å². The topological polar surface area (TPSA) is 45.5 Å². The zero-order valence-electron chi connectivity index (χ0n) is 13.6. The predicted octanol–water partition coefficient (Wildman–Crippen LogP) is 3.02. The van der Waals surface area contributed by atoms with Crippen molar-refractivity contribution < 1.29 is 9.21 Å². The van der Waals surface area contributed by atoms with Gasteiger partial charge in [-0.1, -0.05) is 6.92 Å². The van der Waals surface area contributed by atoms with Crippen LogP contribution in [0, 0.1) is 19.8 Å². The summed E-state index contributed by atoms with van der Waals surface area (Å²) in [6, 6.07) is 2.14. The van der Waals surface area contributed by atoms with Crippen LogP contribution in [0.4, 0.5) is 0 Å². The number of carbonyl (C=O) groups excluding carboxylic acids is 1. The van der Waals surface area contributed by atoms with Crippen LogP contribution in [0.15, 0.2) is 10.5 Å². The Morgan fingerprint density at radius 1 is 1.48 bits per heavy atom. The molecule has 0 unspecified atom stereocenters. The summed E-state index contributed by atoms with van der Waals surface area (Å²) in [5.74, 6) is 2.83. The third-order valence-electron chi connectivity index (χ3n) is 4.26. The molecule has 1 atom stereocenters. The number of likely N-dealkylation sites (tertiary alicyclic amines) is 1. The molecule has 0 aromatic carbocycles. The molecule has 0 saturated carbocycles. The van der Waals surface area contributed by atoms with Crippen LogP contribution >= 0.6 is 0 Å². The highest BCUT2D eigenvalue weighted by atomic mass is 16.3.